The van der Waals surface area contributed by atoms with Crippen LogP contribution < -0.4 is 10.6 Å². The van der Waals surface area contributed by atoms with Crippen LogP contribution in [0.3, 0.4) is 0 Å². The maximum absolute atomic E-state index is 15.1. The lowest BCUT2D eigenvalue weighted by molar-refractivity contribution is 0.0950. The van der Waals surface area contributed by atoms with E-state index in [1.807, 2.05) is 40.9 Å². The van der Waals surface area contributed by atoms with Crippen molar-refractivity contribution in [3.63, 3.8) is 0 Å². The number of amides is 1. The van der Waals surface area contributed by atoms with E-state index in [0.717, 1.165) is 72.7 Å². The fourth-order valence-electron chi connectivity index (χ4n) is 5.63. The number of benzene rings is 2. The lowest BCUT2D eigenvalue weighted by Gasteiger charge is -2.28. The maximum Gasteiger partial charge on any atom is 0.251 e. The number of rotatable bonds is 7. The zero-order chi connectivity index (χ0) is 26.1. The molecular weight excluding hydrogens is 575 g/mol. The first-order valence-corrected chi connectivity index (χ1v) is 14.4. The predicted octanol–water partition coefficient (Wildman–Crippen LogP) is 6.22. The minimum atomic E-state index is -0.663. The highest BCUT2D eigenvalue weighted by molar-refractivity contribution is 7.23. The van der Waals surface area contributed by atoms with Crippen molar-refractivity contribution in [3.8, 4) is 11.3 Å². The highest BCUT2D eigenvalue weighted by Crippen LogP contribution is 2.33. The summed E-state index contributed by atoms with van der Waals surface area (Å²) in [4.78, 5) is 20.5. The van der Waals surface area contributed by atoms with E-state index in [1.54, 1.807) is 6.07 Å². The Morgan fingerprint density at radius 3 is 2.70 bits per heavy atom. The van der Waals surface area contributed by atoms with Gasteiger partial charge in [-0.2, -0.15) is 0 Å². The quantitative estimate of drug-likeness (QED) is 0.244. The molecule has 1 unspecified atom stereocenters. The molecule has 2 aliphatic rings. The number of likely N-dealkylation sites (tertiary alicyclic amines) is 1. The standard InChI is InChI=1S/C29H33F2N5OS.2ClH/c30-22-8-13-35(14-9-22)12-2-11-33-28(37)20-5-7-26-27(16-20)38-29-34-25(18-36(26)29)23-6-4-19(15-24(23)31)21-3-1-10-32-17-21;;/h4-7,15-16,18,21-22,32H,1-3,8-14,17H2,(H,33,37);2*1H. The lowest BCUT2D eigenvalue weighted by atomic mass is 9.91. The van der Waals surface area contributed by atoms with Gasteiger partial charge in [-0.05, 0) is 87.0 Å². The van der Waals surface area contributed by atoms with Crippen molar-refractivity contribution in [2.45, 2.75) is 44.2 Å². The number of nitrogens with one attached hydrogen (secondary N) is 2. The van der Waals surface area contributed by atoms with Crippen LogP contribution in [0.4, 0.5) is 8.78 Å². The minimum absolute atomic E-state index is 0. The summed E-state index contributed by atoms with van der Waals surface area (Å²) in [5.41, 5.74) is 3.71. The van der Waals surface area contributed by atoms with Crippen molar-refractivity contribution < 1.29 is 13.6 Å². The Kier molecular flexibility index (Phi) is 10.4. The van der Waals surface area contributed by atoms with Gasteiger partial charge in [0, 0.05) is 43.5 Å². The summed E-state index contributed by atoms with van der Waals surface area (Å²) in [6.07, 6.45) is 5.47. The molecule has 216 valence electrons. The molecule has 0 spiro atoms. The monoisotopic (exact) mass is 609 g/mol. The first-order valence-electron chi connectivity index (χ1n) is 13.6. The second kappa shape index (κ2) is 13.6. The Morgan fingerprint density at radius 1 is 1.12 bits per heavy atom. The van der Waals surface area contributed by atoms with E-state index in [2.05, 4.69) is 15.5 Å². The summed E-state index contributed by atoms with van der Waals surface area (Å²) in [6, 6.07) is 11.2. The SMILES string of the molecule is Cl.Cl.O=C(NCCCN1CCC(F)CC1)c1ccc2c(c1)sc1nc(-c3ccc(C4CCCNC4)cc3F)cn12. The summed E-state index contributed by atoms with van der Waals surface area (Å²) >= 11 is 1.49. The molecule has 6 nitrogen and oxygen atoms in total. The number of hydrogen-bond donors (Lipinski definition) is 2. The van der Waals surface area contributed by atoms with Crippen LogP contribution in [0.2, 0.25) is 0 Å². The van der Waals surface area contributed by atoms with Crippen LogP contribution in [-0.4, -0.2) is 65.6 Å². The molecule has 0 bridgehead atoms. The zero-order valence-electron chi connectivity index (χ0n) is 22.2. The average Bonchev–Trinajstić information content (AvgIpc) is 3.50. The first-order chi connectivity index (χ1) is 18.5. The van der Waals surface area contributed by atoms with E-state index in [-0.39, 0.29) is 36.5 Å². The Morgan fingerprint density at radius 2 is 1.95 bits per heavy atom. The molecule has 2 saturated heterocycles. The summed E-state index contributed by atoms with van der Waals surface area (Å²) in [7, 11) is 0. The molecule has 0 aliphatic carbocycles. The predicted molar refractivity (Wildman–Crippen MR) is 163 cm³/mol. The molecule has 4 aromatic rings. The van der Waals surface area contributed by atoms with Crippen molar-refractivity contribution in [1.82, 2.24) is 24.9 Å². The Bertz CT molecular complexity index is 1450. The Balaban J connectivity index is 0.00000185. The number of nitrogens with zero attached hydrogens (tertiary/aromatic N) is 3. The van der Waals surface area contributed by atoms with Crippen LogP contribution in [0, 0.1) is 5.82 Å². The van der Waals surface area contributed by atoms with Gasteiger partial charge in [0.25, 0.3) is 5.91 Å². The fraction of sp³-hybridized carbons (Fsp3) is 0.448. The van der Waals surface area contributed by atoms with Gasteiger partial charge in [-0.3, -0.25) is 9.20 Å². The third-order valence-corrected chi connectivity index (χ3v) is 8.86. The second-order valence-corrected chi connectivity index (χ2v) is 11.5. The number of hydrogen-bond acceptors (Lipinski definition) is 5. The molecule has 4 heterocycles. The third kappa shape index (κ3) is 6.60. The zero-order valence-corrected chi connectivity index (χ0v) is 24.7. The average molecular weight is 611 g/mol. The first kappa shape index (κ1) is 30.7. The molecule has 2 aromatic heterocycles. The Hall–Kier alpha value is -2.30. The van der Waals surface area contributed by atoms with Gasteiger partial charge in [0.15, 0.2) is 4.96 Å². The van der Waals surface area contributed by atoms with Crippen LogP contribution in [0.1, 0.15) is 53.9 Å². The van der Waals surface area contributed by atoms with E-state index in [1.165, 1.54) is 11.3 Å². The van der Waals surface area contributed by atoms with Crippen LogP contribution in [0.5, 0.6) is 0 Å². The molecule has 11 heteroatoms. The van der Waals surface area contributed by atoms with Crippen molar-refractivity contribution in [2.24, 2.45) is 0 Å². The third-order valence-electron chi connectivity index (χ3n) is 7.85. The van der Waals surface area contributed by atoms with E-state index in [9.17, 15) is 9.18 Å². The number of thiazole rings is 1. The van der Waals surface area contributed by atoms with Crippen molar-refractivity contribution in [2.75, 3.05) is 39.3 Å². The highest BCUT2D eigenvalue weighted by atomic mass is 35.5. The van der Waals surface area contributed by atoms with Gasteiger partial charge in [0.1, 0.15) is 12.0 Å². The maximum atomic E-state index is 15.1. The van der Waals surface area contributed by atoms with E-state index in [4.69, 9.17) is 4.98 Å². The number of piperidine rings is 2. The lowest BCUT2D eigenvalue weighted by Crippen LogP contribution is -2.36. The number of alkyl halides is 1. The Labute approximate surface area is 249 Å². The van der Waals surface area contributed by atoms with Gasteiger partial charge in [0.05, 0.1) is 15.9 Å². The molecule has 2 aliphatic heterocycles. The number of halogens is 4. The molecule has 1 amide bonds. The number of imidazole rings is 1. The minimum Gasteiger partial charge on any atom is -0.352 e. The number of aromatic nitrogens is 2. The topological polar surface area (TPSA) is 61.7 Å². The van der Waals surface area contributed by atoms with Crippen LogP contribution >= 0.6 is 36.2 Å². The molecule has 0 saturated carbocycles. The summed E-state index contributed by atoms with van der Waals surface area (Å²) in [5, 5.41) is 6.39. The molecule has 6 rings (SSSR count). The fourth-order valence-corrected chi connectivity index (χ4v) is 6.68. The molecule has 1 atom stereocenters. The molecule has 2 fully saturated rings. The molecule has 2 aromatic carbocycles. The van der Waals surface area contributed by atoms with E-state index < -0.39 is 6.17 Å². The normalized spacial score (nSPS) is 18.4. The van der Waals surface area contributed by atoms with Gasteiger partial charge >= 0.3 is 0 Å². The molecular formula is C29H35Cl2F2N5OS. The summed E-state index contributed by atoms with van der Waals surface area (Å²) in [5.74, 6) is 0.0127. The van der Waals surface area contributed by atoms with Gasteiger partial charge in [-0.1, -0.05) is 17.4 Å². The number of fused-ring (bicyclic) bond motifs is 3. The largest absolute Gasteiger partial charge is 0.352 e. The molecule has 2 N–H and O–H groups in total. The van der Waals surface area contributed by atoms with Crippen LogP contribution in [0.25, 0.3) is 26.4 Å². The van der Waals surface area contributed by atoms with E-state index >= 15 is 4.39 Å². The van der Waals surface area contributed by atoms with Gasteiger partial charge < -0.3 is 15.5 Å². The highest BCUT2D eigenvalue weighted by Gasteiger charge is 2.20. The smallest absolute Gasteiger partial charge is 0.251 e. The number of carbonyl (C=O) groups is 1. The van der Waals surface area contributed by atoms with Crippen molar-refractivity contribution in [3.05, 3.63) is 59.5 Å². The van der Waals surface area contributed by atoms with Crippen molar-refractivity contribution >= 4 is 57.2 Å². The summed E-state index contributed by atoms with van der Waals surface area (Å²) in [6.45, 7) is 4.98. The van der Waals surface area contributed by atoms with Gasteiger partial charge in [0.2, 0.25) is 0 Å². The molecule has 40 heavy (non-hydrogen) atoms. The van der Waals surface area contributed by atoms with Gasteiger partial charge in [-0.25, -0.2) is 13.8 Å². The van der Waals surface area contributed by atoms with Gasteiger partial charge in [-0.15, -0.1) is 24.8 Å². The summed E-state index contributed by atoms with van der Waals surface area (Å²) < 4.78 is 31.3. The molecule has 0 radical (unpaired) electrons. The van der Waals surface area contributed by atoms with E-state index in [0.29, 0.717) is 42.1 Å². The van der Waals surface area contributed by atoms with Crippen molar-refractivity contribution in [1.29, 1.82) is 0 Å². The van der Waals surface area contributed by atoms with Crippen LogP contribution in [0.15, 0.2) is 42.6 Å². The second-order valence-electron chi connectivity index (χ2n) is 10.5. The van der Waals surface area contributed by atoms with Crippen LogP contribution in [-0.2, 0) is 0 Å². The number of carbonyl (C=O) groups excluding carboxylic acids is 1.